The van der Waals surface area contributed by atoms with Crippen molar-refractivity contribution in [1.82, 2.24) is 4.98 Å². The summed E-state index contributed by atoms with van der Waals surface area (Å²) in [6.45, 7) is 5.63. The smallest absolute Gasteiger partial charge is 0.351 e. The third kappa shape index (κ3) is 8.95. The van der Waals surface area contributed by atoms with Crippen LogP contribution < -0.4 is 5.63 Å². The zero-order valence-electron chi connectivity index (χ0n) is 21.7. The molecule has 0 aliphatic carbocycles. The average Bonchev–Trinajstić information content (AvgIpc) is 2.86. The van der Waals surface area contributed by atoms with Crippen molar-refractivity contribution in [2.75, 3.05) is 7.11 Å². The molecule has 7 heteroatoms. The Morgan fingerprint density at radius 2 is 1.97 bits per heavy atom. The molecule has 7 nitrogen and oxygen atoms in total. The number of aromatic nitrogens is 1. The lowest BCUT2D eigenvalue weighted by Crippen LogP contribution is -2.16. The van der Waals surface area contributed by atoms with E-state index in [-0.39, 0.29) is 23.9 Å². The van der Waals surface area contributed by atoms with E-state index < -0.39 is 17.2 Å². The Bertz CT molecular complexity index is 1130. The van der Waals surface area contributed by atoms with Gasteiger partial charge < -0.3 is 14.3 Å². The summed E-state index contributed by atoms with van der Waals surface area (Å²) in [5.41, 5.74) is 0.808. The van der Waals surface area contributed by atoms with Crippen molar-refractivity contribution in [1.29, 1.82) is 0 Å². The second-order valence-electron chi connectivity index (χ2n) is 8.98. The summed E-state index contributed by atoms with van der Waals surface area (Å²) < 4.78 is 9.96. The van der Waals surface area contributed by atoms with Gasteiger partial charge in [0.15, 0.2) is 5.78 Å². The Morgan fingerprint density at radius 1 is 1.19 bits per heavy atom. The van der Waals surface area contributed by atoms with Gasteiger partial charge >= 0.3 is 11.6 Å². The second-order valence-corrected chi connectivity index (χ2v) is 8.98. The molecule has 0 saturated heterocycles. The first-order valence-corrected chi connectivity index (χ1v) is 12.5. The number of aromatic hydroxyl groups is 1. The van der Waals surface area contributed by atoms with Crippen molar-refractivity contribution in [3.05, 3.63) is 75.1 Å². The highest BCUT2D eigenvalue weighted by atomic mass is 16.5. The zero-order chi connectivity index (χ0) is 26.5. The summed E-state index contributed by atoms with van der Waals surface area (Å²) in [4.78, 5) is 41.1. The summed E-state index contributed by atoms with van der Waals surface area (Å²) in [6.07, 6.45) is 14.0. The first kappa shape index (κ1) is 28.8. The van der Waals surface area contributed by atoms with Crippen LogP contribution in [0.5, 0.6) is 5.75 Å². The van der Waals surface area contributed by atoms with Crippen LogP contribution in [-0.4, -0.2) is 29.0 Å². The Hall–Kier alpha value is -3.48. The molecule has 0 saturated carbocycles. The Balaban J connectivity index is 2.04. The van der Waals surface area contributed by atoms with Crippen molar-refractivity contribution in [3.8, 4) is 5.75 Å². The maximum Gasteiger partial charge on any atom is 0.351 e. The molecule has 0 aromatic carbocycles. The molecule has 1 N–H and O–H groups in total. The van der Waals surface area contributed by atoms with Gasteiger partial charge in [-0.1, -0.05) is 51.3 Å². The fourth-order valence-corrected chi connectivity index (χ4v) is 3.73. The zero-order valence-corrected chi connectivity index (χ0v) is 21.7. The summed E-state index contributed by atoms with van der Waals surface area (Å²) in [6, 6.07) is 5.17. The first-order valence-electron chi connectivity index (χ1n) is 12.5. The topological polar surface area (TPSA) is 107 Å². The van der Waals surface area contributed by atoms with Gasteiger partial charge in [0.25, 0.3) is 0 Å². The van der Waals surface area contributed by atoms with E-state index in [0.29, 0.717) is 24.2 Å². The molecule has 2 rings (SSSR count). The van der Waals surface area contributed by atoms with Gasteiger partial charge in [-0.2, -0.15) is 0 Å². The summed E-state index contributed by atoms with van der Waals surface area (Å²) >= 11 is 0. The van der Waals surface area contributed by atoms with Crippen LogP contribution in [0.15, 0.2) is 51.3 Å². The van der Waals surface area contributed by atoms with Crippen LogP contribution in [0.4, 0.5) is 0 Å². The predicted octanol–water partition coefficient (Wildman–Crippen LogP) is 6.15. The van der Waals surface area contributed by atoms with Gasteiger partial charge in [-0.05, 0) is 55.9 Å². The minimum atomic E-state index is -0.864. The molecule has 0 spiro atoms. The van der Waals surface area contributed by atoms with Gasteiger partial charge in [0, 0.05) is 23.9 Å². The number of hydrogen-bond acceptors (Lipinski definition) is 7. The number of ether oxygens (including phenoxy) is 1. The van der Waals surface area contributed by atoms with E-state index in [1.807, 2.05) is 25.1 Å². The lowest BCUT2D eigenvalue weighted by atomic mass is 9.99. The number of esters is 1. The lowest BCUT2D eigenvalue weighted by Gasteiger charge is -2.11. The number of carbonyl (C=O) groups excluding carboxylic acids is 2. The number of rotatable bonds is 14. The van der Waals surface area contributed by atoms with Crippen molar-refractivity contribution < 1.29 is 23.8 Å². The number of unbranched alkanes of at least 4 members (excludes halogenated alkanes) is 3. The number of pyridine rings is 1. The van der Waals surface area contributed by atoms with Crippen LogP contribution >= 0.6 is 0 Å². The highest BCUT2D eigenvalue weighted by molar-refractivity contribution is 6.12. The van der Waals surface area contributed by atoms with Crippen molar-refractivity contribution in [2.24, 2.45) is 0 Å². The maximum atomic E-state index is 12.9. The van der Waals surface area contributed by atoms with Gasteiger partial charge in [0.05, 0.1) is 13.5 Å². The quantitative estimate of drug-likeness (QED) is 0.110. The number of allylic oxidation sites excluding steroid dienone is 2. The van der Waals surface area contributed by atoms with E-state index in [4.69, 9.17) is 4.42 Å². The van der Waals surface area contributed by atoms with E-state index in [2.05, 4.69) is 16.6 Å². The van der Waals surface area contributed by atoms with Gasteiger partial charge in [-0.15, -0.1) is 0 Å². The molecule has 0 amide bonds. The molecule has 0 aliphatic rings. The first-order chi connectivity index (χ1) is 17.3. The molecule has 2 heterocycles. The van der Waals surface area contributed by atoms with Gasteiger partial charge in [-0.3, -0.25) is 14.6 Å². The molecule has 1 atom stereocenters. The van der Waals surface area contributed by atoms with Gasteiger partial charge in [0.1, 0.15) is 17.1 Å². The number of ketones is 1. The largest absolute Gasteiger partial charge is 0.507 e. The highest BCUT2D eigenvalue weighted by Crippen LogP contribution is 2.26. The molecule has 0 aliphatic heterocycles. The lowest BCUT2D eigenvalue weighted by molar-refractivity contribution is -0.139. The number of hydrogen-bond donors (Lipinski definition) is 1. The number of nitrogens with zero attached hydrogens (tertiary/aromatic N) is 1. The SMILES string of the molecule is CCCCCCc1ccc(C=C(C)C(=O)c2c(O)cc(C(C)CC/C=C/CC(=O)OC)oc2=O)cn1. The molecular formula is C29H37NO6. The van der Waals surface area contributed by atoms with Crippen LogP contribution in [0, 0.1) is 0 Å². The summed E-state index contributed by atoms with van der Waals surface area (Å²) in [7, 11) is 1.34. The van der Waals surface area contributed by atoms with Crippen LogP contribution in [0.3, 0.4) is 0 Å². The van der Waals surface area contributed by atoms with Crippen LogP contribution in [0.1, 0.15) is 99.0 Å². The normalized spacial score (nSPS) is 12.6. The fourth-order valence-electron chi connectivity index (χ4n) is 3.73. The van der Waals surface area contributed by atoms with E-state index in [1.54, 1.807) is 25.3 Å². The summed E-state index contributed by atoms with van der Waals surface area (Å²) in [5, 5.41) is 10.5. The van der Waals surface area contributed by atoms with E-state index >= 15 is 0 Å². The Kier molecular flexibility index (Phi) is 11.8. The monoisotopic (exact) mass is 495 g/mol. The molecule has 194 valence electrons. The van der Waals surface area contributed by atoms with Crippen molar-refractivity contribution in [2.45, 2.75) is 78.1 Å². The molecule has 2 aromatic heterocycles. The van der Waals surface area contributed by atoms with Crippen LogP contribution in [-0.2, 0) is 16.0 Å². The van der Waals surface area contributed by atoms with Crippen molar-refractivity contribution in [3.63, 3.8) is 0 Å². The molecular weight excluding hydrogens is 458 g/mol. The number of Topliss-reactive ketones (excluding diaryl/α,β-unsaturated/α-hetero) is 1. The molecule has 0 bridgehead atoms. The van der Waals surface area contributed by atoms with Crippen LogP contribution in [0.25, 0.3) is 6.08 Å². The van der Waals surface area contributed by atoms with Crippen LogP contribution in [0.2, 0.25) is 0 Å². The Labute approximate surface area is 212 Å². The van der Waals surface area contributed by atoms with Gasteiger partial charge in [-0.25, -0.2) is 4.79 Å². The number of aryl methyl sites for hydroxylation is 1. The third-order valence-corrected chi connectivity index (χ3v) is 5.98. The average molecular weight is 496 g/mol. The minimum Gasteiger partial charge on any atom is -0.507 e. The molecule has 36 heavy (non-hydrogen) atoms. The van der Waals surface area contributed by atoms with E-state index in [9.17, 15) is 19.5 Å². The minimum absolute atomic E-state index is 0.168. The Morgan fingerprint density at radius 3 is 2.61 bits per heavy atom. The predicted molar refractivity (Wildman–Crippen MR) is 140 cm³/mol. The molecule has 1 unspecified atom stereocenters. The number of carbonyl (C=O) groups is 2. The molecule has 2 aromatic rings. The third-order valence-electron chi connectivity index (χ3n) is 5.98. The van der Waals surface area contributed by atoms with Gasteiger partial charge in [0.2, 0.25) is 0 Å². The standard InChI is InChI=1S/C29H37NO6/c1-5-6-7-10-13-23-16-15-22(19-30-23)17-21(3)28(33)27-24(31)18-25(36-29(27)34)20(2)12-9-8-11-14-26(32)35-4/h8,11,15-20,31H,5-7,9-10,12-14H2,1-4H3/b11-8+,21-17?. The maximum absolute atomic E-state index is 12.9. The fraction of sp³-hybridized carbons (Fsp3) is 0.448. The van der Waals surface area contributed by atoms with E-state index in [0.717, 1.165) is 24.1 Å². The second kappa shape index (κ2) is 14.8. The highest BCUT2D eigenvalue weighted by Gasteiger charge is 2.22. The van der Waals surface area contributed by atoms with E-state index in [1.165, 1.54) is 32.4 Å². The van der Waals surface area contributed by atoms with Crippen molar-refractivity contribution >= 4 is 17.8 Å². The molecule has 0 fully saturated rings. The number of methoxy groups -OCH3 is 1. The summed E-state index contributed by atoms with van der Waals surface area (Å²) in [5.74, 6) is -1.16. The molecule has 0 radical (unpaired) electrons.